The number of hydrogen-bond donors (Lipinski definition) is 2. The predicted octanol–water partition coefficient (Wildman–Crippen LogP) is 4.20. The van der Waals surface area contributed by atoms with Crippen LogP contribution in [0.2, 0.25) is 5.02 Å². The van der Waals surface area contributed by atoms with Crippen molar-refractivity contribution in [1.82, 2.24) is 9.71 Å². The minimum absolute atomic E-state index is 0.102. The lowest BCUT2D eigenvalue weighted by Gasteiger charge is -2.24. The molecule has 1 aliphatic rings. The number of anilines is 1. The third kappa shape index (κ3) is 4.28. The van der Waals surface area contributed by atoms with Gasteiger partial charge in [0.1, 0.15) is 28.0 Å². The first-order valence-electron chi connectivity index (χ1n) is 8.64. The summed E-state index contributed by atoms with van der Waals surface area (Å²) >= 11 is 6.05. The van der Waals surface area contributed by atoms with Gasteiger partial charge in [-0.2, -0.15) is 0 Å². The number of aromatic nitrogens is 1. The number of fused-ring (bicyclic) bond motifs is 1. The molecule has 2 N–H and O–H groups in total. The Kier molecular flexibility index (Phi) is 5.46. The minimum Gasteiger partial charge on any atom is -0.450 e. The number of nitrogens with zero attached hydrogens (tertiary/aromatic N) is 2. The second-order valence-corrected chi connectivity index (χ2v) is 8.32. The molecular weight excluding hydrogens is 457 g/mol. The standard InChI is InChI=1S/C19H12ClF3N4O3S/c20-11-3-1-2-4-15(11)30-18-12(22)5-6-16-17(18)26-19(27-31(16,28)29)25-9-14-13(23)7-10(21)8-24-14/h1-8H,9H2,(H2,25,26,27). The Morgan fingerprint density at radius 3 is 2.61 bits per heavy atom. The van der Waals surface area contributed by atoms with Crippen molar-refractivity contribution in [2.75, 3.05) is 5.32 Å². The van der Waals surface area contributed by atoms with Crippen LogP contribution in [-0.2, 0) is 16.6 Å². The number of ether oxygens (including phenoxy) is 1. The summed E-state index contributed by atoms with van der Waals surface area (Å²) < 4.78 is 74.3. The van der Waals surface area contributed by atoms with E-state index in [4.69, 9.17) is 16.3 Å². The van der Waals surface area contributed by atoms with Crippen LogP contribution in [0.15, 0.2) is 58.5 Å². The van der Waals surface area contributed by atoms with Crippen molar-refractivity contribution in [3.63, 3.8) is 0 Å². The number of benzene rings is 2. The lowest BCUT2D eigenvalue weighted by molar-refractivity contribution is 0.443. The van der Waals surface area contributed by atoms with E-state index >= 15 is 0 Å². The van der Waals surface area contributed by atoms with Crippen LogP contribution in [0.1, 0.15) is 5.69 Å². The smallest absolute Gasteiger partial charge is 0.266 e. The normalized spacial score (nSPS) is 15.7. The average Bonchev–Trinajstić information content (AvgIpc) is 2.70. The molecule has 12 heteroatoms. The first kappa shape index (κ1) is 20.9. The largest absolute Gasteiger partial charge is 0.450 e. The van der Waals surface area contributed by atoms with Crippen LogP contribution in [0, 0.1) is 17.5 Å². The van der Waals surface area contributed by atoms with Gasteiger partial charge in [0.2, 0.25) is 5.96 Å². The van der Waals surface area contributed by atoms with Gasteiger partial charge in [0.25, 0.3) is 10.0 Å². The zero-order valence-corrected chi connectivity index (χ0v) is 16.9. The Bertz CT molecular complexity index is 1320. The van der Waals surface area contributed by atoms with Crippen molar-refractivity contribution < 1.29 is 26.3 Å². The molecule has 7 nitrogen and oxygen atoms in total. The molecule has 2 heterocycles. The van der Waals surface area contributed by atoms with Gasteiger partial charge >= 0.3 is 0 Å². The van der Waals surface area contributed by atoms with E-state index in [0.29, 0.717) is 6.07 Å². The molecule has 160 valence electrons. The van der Waals surface area contributed by atoms with Crippen LogP contribution in [0.5, 0.6) is 11.5 Å². The highest BCUT2D eigenvalue weighted by atomic mass is 35.5. The molecule has 0 spiro atoms. The van der Waals surface area contributed by atoms with Crippen molar-refractivity contribution in [3.8, 4) is 11.5 Å². The summed E-state index contributed by atoms with van der Waals surface area (Å²) in [6, 6.07) is 8.87. The molecule has 2 aromatic carbocycles. The second-order valence-electron chi connectivity index (χ2n) is 6.26. The molecule has 0 unspecified atom stereocenters. The monoisotopic (exact) mass is 468 g/mol. The van der Waals surface area contributed by atoms with Gasteiger partial charge in [-0.25, -0.2) is 31.3 Å². The first-order valence-corrected chi connectivity index (χ1v) is 10.5. The summed E-state index contributed by atoms with van der Waals surface area (Å²) in [4.78, 5) is 7.21. The molecule has 0 amide bonds. The number of sulfonamides is 1. The van der Waals surface area contributed by atoms with E-state index in [2.05, 4.69) is 20.0 Å². The lowest BCUT2D eigenvalue weighted by atomic mass is 10.2. The quantitative estimate of drug-likeness (QED) is 0.598. The summed E-state index contributed by atoms with van der Waals surface area (Å²) in [6.45, 7) is -0.414. The maximum atomic E-state index is 14.6. The van der Waals surface area contributed by atoms with Crippen LogP contribution in [0.3, 0.4) is 0 Å². The lowest BCUT2D eigenvalue weighted by Crippen LogP contribution is -2.41. The number of halogens is 4. The van der Waals surface area contributed by atoms with Gasteiger partial charge in [0.15, 0.2) is 11.6 Å². The fourth-order valence-electron chi connectivity index (χ4n) is 2.73. The van der Waals surface area contributed by atoms with Crippen molar-refractivity contribution in [1.29, 1.82) is 0 Å². The number of aliphatic imine (C=N–C) groups is 1. The highest BCUT2D eigenvalue weighted by molar-refractivity contribution is 7.90. The third-order valence-electron chi connectivity index (χ3n) is 4.15. The molecule has 0 atom stereocenters. The molecule has 0 radical (unpaired) electrons. The van der Waals surface area contributed by atoms with Crippen molar-refractivity contribution >= 4 is 33.3 Å². The maximum absolute atomic E-state index is 14.6. The molecule has 0 saturated carbocycles. The zero-order chi connectivity index (χ0) is 22.2. The number of pyridine rings is 1. The highest BCUT2D eigenvalue weighted by Crippen LogP contribution is 2.40. The van der Waals surface area contributed by atoms with Gasteiger partial charge in [0, 0.05) is 6.07 Å². The van der Waals surface area contributed by atoms with Gasteiger partial charge in [-0.1, -0.05) is 23.7 Å². The molecule has 3 aromatic rings. The molecule has 0 fully saturated rings. The SMILES string of the molecule is O=S1(=O)NC(=NCc2ncc(F)cc2F)Nc2c1ccc(F)c2Oc1ccccc1Cl. The van der Waals surface area contributed by atoms with Crippen LogP contribution in [0.4, 0.5) is 18.9 Å². The Hall–Kier alpha value is -3.31. The minimum atomic E-state index is -4.15. The van der Waals surface area contributed by atoms with E-state index in [-0.39, 0.29) is 33.0 Å². The third-order valence-corrected chi connectivity index (χ3v) is 5.85. The van der Waals surface area contributed by atoms with E-state index in [1.807, 2.05) is 0 Å². The van der Waals surface area contributed by atoms with Gasteiger partial charge in [-0.05, 0) is 24.3 Å². The molecule has 0 aliphatic carbocycles. The van der Waals surface area contributed by atoms with E-state index in [9.17, 15) is 21.6 Å². The second kappa shape index (κ2) is 8.08. The van der Waals surface area contributed by atoms with Crippen LogP contribution in [-0.4, -0.2) is 19.4 Å². The number of hydrogen-bond acceptors (Lipinski definition) is 5. The Balaban J connectivity index is 1.72. The van der Waals surface area contributed by atoms with Gasteiger partial charge in [0.05, 0.1) is 23.5 Å². The Labute approximate surface area is 179 Å². The van der Waals surface area contributed by atoms with Crippen LogP contribution in [0.25, 0.3) is 0 Å². The van der Waals surface area contributed by atoms with E-state index in [1.54, 1.807) is 12.1 Å². The first-order chi connectivity index (χ1) is 14.7. The molecule has 0 bridgehead atoms. The summed E-state index contributed by atoms with van der Waals surface area (Å²) in [7, 11) is -4.15. The number of guanidine groups is 1. The molecule has 4 rings (SSSR count). The topological polar surface area (TPSA) is 92.7 Å². The molecule has 31 heavy (non-hydrogen) atoms. The summed E-state index contributed by atoms with van der Waals surface area (Å²) in [6.07, 6.45) is 0.803. The average molecular weight is 469 g/mol. The molecule has 1 aromatic heterocycles. The predicted molar refractivity (Wildman–Crippen MR) is 107 cm³/mol. The van der Waals surface area contributed by atoms with Gasteiger partial charge in [-0.3, -0.25) is 4.98 Å². The molecule has 0 saturated heterocycles. The number of nitrogens with one attached hydrogen (secondary N) is 2. The number of rotatable bonds is 4. The Morgan fingerprint density at radius 1 is 1.10 bits per heavy atom. The fraction of sp³-hybridized carbons (Fsp3) is 0.0526. The Morgan fingerprint density at radius 2 is 1.87 bits per heavy atom. The van der Waals surface area contributed by atoms with Gasteiger partial charge < -0.3 is 10.1 Å². The summed E-state index contributed by atoms with van der Waals surface area (Å²) in [5.74, 6) is -3.31. The van der Waals surface area contributed by atoms with Crippen molar-refractivity contribution in [3.05, 3.63) is 76.8 Å². The number of para-hydroxylation sites is 1. The summed E-state index contributed by atoms with van der Waals surface area (Å²) in [5.41, 5.74) is -0.433. The molecule has 1 aliphatic heterocycles. The van der Waals surface area contributed by atoms with Gasteiger partial charge in [-0.15, -0.1) is 0 Å². The van der Waals surface area contributed by atoms with E-state index in [0.717, 1.165) is 18.3 Å². The molecular formula is C19H12ClF3N4O3S. The van der Waals surface area contributed by atoms with Crippen LogP contribution < -0.4 is 14.8 Å². The van der Waals surface area contributed by atoms with E-state index in [1.165, 1.54) is 12.1 Å². The van der Waals surface area contributed by atoms with E-state index < -0.39 is 39.8 Å². The highest BCUT2D eigenvalue weighted by Gasteiger charge is 2.31. The van der Waals surface area contributed by atoms with Crippen molar-refractivity contribution in [2.24, 2.45) is 4.99 Å². The van der Waals surface area contributed by atoms with Crippen LogP contribution >= 0.6 is 11.6 Å². The zero-order valence-electron chi connectivity index (χ0n) is 15.4. The summed E-state index contributed by atoms with van der Waals surface area (Å²) in [5, 5.41) is 2.81. The fourth-order valence-corrected chi connectivity index (χ4v) is 4.04. The van der Waals surface area contributed by atoms with Crippen molar-refractivity contribution in [2.45, 2.75) is 11.4 Å². The maximum Gasteiger partial charge on any atom is 0.266 e.